The maximum Gasteiger partial charge on any atom is 0.0463 e. The van der Waals surface area contributed by atoms with Gasteiger partial charge in [0.2, 0.25) is 0 Å². The van der Waals surface area contributed by atoms with Gasteiger partial charge in [-0.15, -0.1) is 0 Å². The van der Waals surface area contributed by atoms with Crippen LogP contribution in [-0.2, 0) is 0 Å². The van der Waals surface area contributed by atoms with Gasteiger partial charge in [-0.3, -0.25) is 0 Å². The van der Waals surface area contributed by atoms with Crippen molar-refractivity contribution in [1.82, 2.24) is 0 Å². The maximum absolute atomic E-state index is 6.00. The fraction of sp³-hybridized carbons (Fsp3) is 0.120. The summed E-state index contributed by atoms with van der Waals surface area (Å²) in [5.41, 5.74) is 6.51. The molecule has 0 heterocycles. The number of hydrogen-bond donors (Lipinski definition) is 1. The molecule has 3 rings (SSSR count). The zero-order valence-corrected chi connectivity index (χ0v) is 16.3. The molecule has 3 aromatic rings. The Balaban J connectivity index is 1.85. The van der Waals surface area contributed by atoms with Crippen LogP contribution in [0.1, 0.15) is 25.3 Å². The normalized spacial score (nSPS) is 10.9. The molecule has 3 aromatic carbocycles. The first-order valence-corrected chi connectivity index (χ1v) is 9.63. The Morgan fingerprint density at radius 3 is 2.52 bits per heavy atom. The number of allylic oxidation sites excluding steroid dienone is 3. The molecule has 0 bridgehead atoms. The second kappa shape index (κ2) is 9.25. The second-order valence-electron chi connectivity index (χ2n) is 6.47. The molecule has 0 unspecified atom stereocenters. The first kappa shape index (κ1) is 19.0. The van der Waals surface area contributed by atoms with Crippen LogP contribution >= 0.6 is 11.6 Å². The van der Waals surface area contributed by atoms with Gasteiger partial charge in [0.15, 0.2) is 0 Å². The lowest BCUT2D eigenvalue weighted by atomic mass is 10.0. The van der Waals surface area contributed by atoms with Crippen molar-refractivity contribution in [3.8, 4) is 11.1 Å². The summed E-state index contributed by atoms with van der Waals surface area (Å²) in [7, 11) is 0. The average molecular weight is 374 g/mol. The lowest BCUT2D eigenvalue weighted by Gasteiger charge is -2.13. The summed E-state index contributed by atoms with van der Waals surface area (Å²) in [4.78, 5) is 0. The van der Waals surface area contributed by atoms with E-state index in [0.29, 0.717) is 0 Å². The van der Waals surface area contributed by atoms with Gasteiger partial charge in [0.05, 0.1) is 0 Å². The Morgan fingerprint density at radius 1 is 0.963 bits per heavy atom. The van der Waals surface area contributed by atoms with E-state index in [1.54, 1.807) is 0 Å². The first-order chi connectivity index (χ1) is 13.2. The van der Waals surface area contributed by atoms with E-state index < -0.39 is 0 Å². The van der Waals surface area contributed by atoms with Crippen LogP contribution < -0.4 is 5.32 Å². The summed E-state index contributed by atoms with van der Waals surface area (Å²) in [6.07, 6.45) is 6.49. The molecule has 0 aromatic heterocycles. The van der Waals surface area contributed by atoms with E-state index >= 15 is 0 Å². The topological polar surface area (TPSA) is 12.0 Å². The third kappa shape index (κ3) is 5.12. The van der Waals surface area contributed by atoms with Crippen molar-refractivity contribution in [2.75, 3.05) is 5.32 Å². The second-order valence-corrected chi connectivity index (χ2v) is 6.91. The van der Waals surface area contributed by atoms with Gasteiger partial charge in [-0.25, -0.2) is 0 Å². The number of halogens is 1. The van der Waals surface area contributed by atoms with Crippen LogP contribution in [-0.4, -0.2) is 0 Å². The van der Waals surface area contributed by atoms with Gasteiger partial charge < -0.3 is 5.32 Å². The Bertz CT molecular complexity index is 939. The van der Waals surface area contributed by atoms with Crippen LogP contribution in [0, 0.1) is 0 Å². The van der Waals surface area contributed by atoms with Gasteiger partial charge >= 0.3 is 0 Å². The molecule has 136 valence electrons. The number of benzene rings is 3. The third-order valence-corrected chi connectivity index (χ3v) is 4.62. The molecule has 0 fully saturated rings. The minimum atomic E-state index is 0.747. The highest BCUT2D eigenvalue weighted by atomic mass is 35.5. The van der Waals surface area contributed by atoms with Crippen LogP contribution in [0.5, 0.6) is 0 Å². The van der Waals surface area contributed by atoms with Gasteiger partial charge in [-0.05, 0) is 53.5 Å². The number of hydrogen-bond acceptors (Lipinski definition) is 1. The molecule has 0 spiro atoms. The van der Waals surface area contributed by atoms with Crippen molar-refractivity contribution in [1.29, 1.82) is 0 Å². The number of rotatable bonds is 7. The Kier molecular flexibility index (Phi) is 6.51. The van der Waals surface area contributed by atoms with E-state index in [1.165, 1.54) is 0 Å². The molecular weight excluding hydrogens is 350 g/mol. The predicted molar refractivity (Wildman–Crippen MR) is 120 cm³/mol. The van der Waals surface area contributed by atoms with Crippen molar-refractivity contribution in [3.05, 3.63) is 102 Å². The van der Waals surface area contributed by atoms with Crippen molar-refractivity contribution in [2.45, 2.75) is 19.8 Å². The molecule has 0 atom stereocenters. The van der Waals surface area contributed by atoms with E-state index in [0.717, 1.165) is 51.5 Å². The molecule has 0 aliphatic carbocycles. The van der Waals surface area contributed by atoms with Crippen molar-refractivity contribution >= 4 is 28.5 Å². The molecule has 0 radical (unpaired) electrons. The molecule has 0 amide bonds. The van der Waals surface area contributed by atoms with Gasteiger partial charge in [0.1, 0.15) is 0 Å². The molecule has 0 aliphatic rings. The third-order valence-electron chi connectivity index (χ3n) is 4.37. The highest BCUT2D eigenvalue weighted by molar-refractivity contribution is 6.30. The molecule has 0 aliphatic heterocycles. The van der Waals surface area contributed by atoms with Gasteiger partial charge in [0.25, 0.3) is 0 Å². The Labute approximate surface area is 167 Å². The lowest BCUT2D eigenvalue weighted by molar-refractivity contribution is 0.959. The number of para-hydroxylation sites is 1. The monoisotopic (exact) mass is 373 g/mol. The molecule has 1 nitrogen and oxygen atoms in total. The molecular formula is C25H24ClN. The number of unbranched alkanes of at least 4 members (excludes halogenated alkanes) is 1. The molecule has 1 N–H and O–H groups in total. The summed E-state index contributed by atoms with van der Waals surface area (Å²) in [5.74, 6) is 0. The fourth-order valence-corrected chi connectivity index (χ4v) is 3.05. The summed E-state index contributed by atoms with van der Waals surface area (Å²) < 4.78 is 0. The van der Waals surface area contributed by atoms with Crippen LogP contribution in [0.15, 0.2) is 91.5 Å². The summed E-state index contributed by atoms with van der Waals surface area (Å²) in [6, 6.07) is 24.6. The zero-order chi connectivity index (χ0) is 19.1. The number of anilines is 2. The molecule has 0 saturated heterocycles. The van der Waals surface area contributed by atoms with Crippen LogP contribution in [0.3, 0.4) is 0 Å². The van der Waals surface area contributed by atoms with E-state index in [2.05, 4.69) is 67.4 Å². The largest absolute Gasteiger partial charge is 0.355 e. The van der Waals surface area contributed by atoms with Gasteiger partial charge in [0, 0.05) is 22.0 Å². The summed E-state index contributed by atoms with van der Waals surface area (Å²) in [6.45, 7) is 6.41. The van der Waals surface area contributed by atoms with Gasteiger partial charge in [-0.1, -0.05) is 86.1 Å². The Morgan fingerprint density at radius 2 is 1.74 bits per heavy atom. The predicted octanol–water partition coefficient (Wildman–Crippen LogP) is 8.12. The van der Waals surface area contributed by atoms with Crippen molar-refractivity contribution in [3.63, 3.8) is 0 Å². The van der Waals surface area contributed by atoms with Crippen LogP contribution in [0.4, 0.5) is 11.4 Å². The standard InChI is InChI=1S/C25H24ClN/c1-3-4-5-9-19(2)24-12-6-7-13-25(24)27-23-11-8-10-21(18-23)20-14-16-22(26)17-15-20/h5-18,27H,2-4H2,1H3/b9-5-. The number of nitrogens with one attached hydrogen (secondary N) is 1. The first-order valence-electron chi connectivity index (χ1n) is 9.25. The van der Waals surface area contributed by atoms with E-state index in [-0.39, 0.29) is 0 Å². The maximum atomic E-state index is 6.00. The minimum absolute atomic E-state index is 0.747. The van der Waals surface area contributed by atoms with Crippen LogP contribution in [0.2, 0.25) is 5.02 Å². The smallest absolute Gasteiger partial charge is 0.0463 e. The highest BCUT2D eigenvalue weighted by Gasteiger charge is 2.05. The molecule has 2 heteroatoms. The van der Waals surface area contributed by atoms with E-state index in [4.69, 9.17) is 11.6 Å². The van der Waals surface area contributed by atoms with Crippen molar-refractivity contribution in [2.24, 2.45) is 0 Å². The highest BCUT2D eigenvalue weighted by Crippen LogP contribution is 2.29. The SMILES string of the molecule is C=C(/C=C\CCC)c1ccccc1Nc1cccc(-c2ccc(Cl)cc2)c1. The van der Waals surface area contributed by atoms with Crippen LogP contribution in [0.25, 0.3) is 16.7 Å². The zero-order valence-electron chi connectivity index (χ0n) is 15.6. The molecule has 27 heavy (non-hydrogen) atoms. The molecule has 0 saturated carbocycles. The lowest BCUT2D eigenvalue weighted by Crippen LogP contribution is -1.95. The quantitative estimate of drug-likeness (QED) is 0.412. The van der Waals surface area contributed by atoms with E-state index in [1.807, 2.05) is 36.4 Å². The summed E-state index contributed by atoms with van der Waals surface area (Å²) in [5, 5.41) is 4.29. The minimum Gasteiger partial charge on any atom is -0.355 e. The Hall–Kier alpha value is -2.77. The summed E-state index contributed by atoms with van der Waals surface area (Å²) >= 11 is 6.00. The average Bonchev–Trinajstić information content (AvgIpc) is 2.69. The van der Waals surface area contributed by atoms with Gasteiger partial charge in [-0.2, -0.15) is 0 Å². The van der Waals surface area contributed by atoms with Crippen molar-refractivity contribution < 1.29 is 0 Å². The van der Waals surface area contributed by atoms with E-state index in [9.17, 15) is 0 Å². The fourth-order valence-electron chi connectivity index (χ4n) is 2.93.